The summed E-state index contributed by atoms with van der Waals surface area (Å²) in [7, 11) is 0.0863. The number of carboxylic acid groups (broad SMARTS) is 1. The fourth-order valence-corrected chi connectivity index (χ4v) is 6.75. The summed E-state index contributed by atoms with van der Waals surface area (Å²) in [5.74, 6) is -1.66. The first-order valence-electron chi connectivity index (χ1n) is 13.5. The standard InChI is InChI=1S/C32H39FN2O5S/c1-18-13-14-23(22(15-18)16-34(7)8)25-19(2)26-28-21(11-10-12-24(28)33)17-35(41(9,38)39)29(26)20(3)27(25)30(31(36)37)40-32(4,5)6/h10-15,30H,16-17H2,1-9H3,(H,36,37)/t30-/m0/s1. The lowest BCUT2D eigenvalue weighted by Crippen LogP contribution is -2.35. The van der Waals surface area contributed by atoms with Crippen LogP contribution >= 0.6 is 0 Å². The normalized spacial score (nSPS) is 14.2. The Labute approximate surface area is 242 Å². The zero-order chi connectivity index (χ0) is 30.6. The molecule has 0 unspecified atom stereocenters. The molecule has 0 fully saturated rings. The average molecular weight is 583 g/mol. The molecule has 7 nitrogen and oxygen atoms in total. The van der Waals surface area contributed by atoms with Gasteiger partial charge in [0.2, 0.25) is 10.0 Å². The number of fused-ring (bicyclic) bond motifs is 3. The van der Waals surface area contributed by atoms with Crippen molar-refractivity contribution in [2.45, 2.75) is 66.3 Å². The van der Waals surface area contributed by atoms with Crippen LogP contribution in [0.1, 0.15) is 60.3 Å². The van der Waals surface area contributed by atoms with Gasteiger partial charge in [-0.1, -0.05) is 35.9 Å². The van der Waals surface area contributed by atoms with Crippen LogP contribution in [0, 0.1) is 26.6 Å². The summed E-state index contributed by atoms with van der Waals surface area (Å²) in [6.45, 7) is 11.4. The topological polar surface area (TPSA) is 87.1 Å². The number of rotatable bonds is 7. The van der Waals surface area contributed by atoms with E-state index in [0.29, 0.717) is 45.5 Å². The number of anilines is 1. The smallest absolute Gasteiger partial charge is 0.337 e. The number of aliphatic carboxylic acids is 1. The molecule has 1 atom stereocenters. The van der Waals surface area contributed by atoms with Gasteiger partial charge >= 0.3 is 5.97 Å². The third-order valence-corrected chi connectivity index (χ3v) is 8.42. The lowest BCUT2D eigenvalue weighted by atomic mass is 9.79. The van der Waals surface area contributed by atoms with Gasteiger partial charge in [-0.15, -0.1) is 0 Å². The van der Waals surface area contributed by atoms with E-state index < -0.39 is 33.5 Å². The van der Waals surface area contributed by atoms with Gasteiger partial charge in [0.25, 0.3) is 0 Å². The van der Waals surface area contributed by atoms with Crippen molar-refractivity contribution < 1.29 is 27.4 Å². The van der Waals surface area contributed by atoms with E-state index in [1.807, 2.05) is 45.0 Å². The molecule has 1 heterocycles. The number of hydrogen-bond acceptors (Lipinski definition) is 5. The molecule has 41 heavy (non-hydrogen) atoms. The fraction of sp³-hybridized carbons (Fsp3) is 0.406. The number of carboxylic acids is 1. The quantitative estimate of drug-likeness (QED) is 0.349. The van der Waals surface area contributed by atoms with Crippen LogP contribution in [0.25, 0.3) is 22.3 Å². The van der Waals surface area contributed by atoms with Crippen molar-refractivity contribution in [2.24, 2.45) is 0 Å². The molecule has 0 saturated heterocycles. The van der Waals surface area contributed by atoms with Crippen LogP contribution in [0.5, 0.6) is 0 Å². The predicted molar refractivity (Wildman–Crippen MR) is 161 cm³/mol. The molecule has 0 saturated carbocycles. The zero-order valence-corrected chi connectivity index (χ0v) is 26.0. The summed E-state index contributed by atoms with van der Waals surface area (Å²) in [4.78, 5) is 14.9. The van der Waals surface area contributed by atoms with E-state index in [0.717, 1.165) is 22.9 Å². The second kappa shape index (κ2) is 10.9. The van der Waals surface area contributed by atoms with Crippen LogP contribution in [0.2, 0.25) is 0 Å². The molecule has 0 aromatic heterocycles. The van der Waals surface area contributed by atoms with Crippen LogP contribution in [-0.2, 0) is 32.6 Å². The number of sulfonamides is 1. The van der Waals surface area contributed by atoms with E-state index >= 15 is 4.39 Å². The van der Waals surface area contributed by atoms with Crippen LogP contribution in [-0.4, -0.2) is 50.3 Å². The molecule has 0 radical (unpaired) electrons. The Morgan fingerprint density at radius 2 is 1.73 bits per heavy atom. The highest BCUT2D eigenvalue weighted by Gasteiger charge is 2.39. The van der Waals surface area contributed by atoms with E-state index in [1.165, 1.54) is 10.4 Å². The summed E-state index contributed by atoms with van der Waals surface area (Å²) in [6, 6.07) is 10.7. The van der Waals surface area contributed by atoms with E-state index in [4.69, 9.17) is 4.74 Å². The molecule has 0 aliphatic carbocycles. The summed E-state index contributed by atoms with van der Waals surface area (Å²) < 4.78 is 49.5. The number of benzene rings is 3. The summed E-state index contributed by atoms with van der Waals surface area (Å²) >= 11 is 0. The number of hydrogen-bond donors (Lipinski definition) is 1. The Morgan fingerprint density at radius 3 is 2.29 bits per heavy atom. The Bertz CT molecular complexity index is 1640. The van der Waals surface area contributed by atoms with Crippen molar-refractivity contribution in [2.75, 3.05) is 24.7 Å². The molecule has 220 valence electrons. The second-order valence-electron chi connectivity index (χ2n) is 12.2. The SMILES string of the molecule is Cc1ccc(-c2c(C)c3c(c(C)c2[C@H](OC(C)(C)C)C(=O)O)N(S(C)(=O)=O)Cc2cccc(F)c2-3)c(CN(C)C)c1. The van der Waals surface area contributed by atoms with Gasteiger partial charge in [0.15, 0.2) is 6.10 Å². The van der Waals surface area contributed by atoms with Crippen molar-refractivity contribution in [1.82, 2.24) is 4.90 Å². The third-order valence-electron chi connectivity index (χ3n) is 7.30. The molecule has 3 aromatic rings. The van der Waals surface area contributed by atoms with Gasteiger partial charge in [0.05, 0.1) is 24.1 Å². The molecule has 0 amide bonds. The van der Waals surface area contributed by atoms with Gasteiger partial charge in [-0.2, -0.15) is 0 Å². The van der Waals surface area contributed by atoms with E-state index in [2.05, 4.69) is 6.07 Å². The van der Waals surface area contributed by atoms with Crippen LogP contribution in [0.15, 0.2) is 36.4 Å². The maximum Gasteiger partial charge on any atom is 0.337 e. The molecule has 9 heteroatoms. The Balaban J connectivity index is 2.27. The number of ether oxygens (including phenoxy) is 1. The highest BCUT2D eigenvalue weighted by Crippen LogP contribution is 2.52. The van der Waals surface area contributed by atoms with Gasteiger partial charge in [-0.3, -0.25) is 4.31 Å². The molecule has 3 aromatic carbocycles. The van der Waals surface area contributed by atoms with Gasteiger partial charge in [-0.05, 0) is 95.1 Å². The largest absolute Gasteiger partial charge is 0.479 e. The zero-order valence-electron chi connectivity index (χ0n) is 25.2. The third kappa shape index (κ3) is 5.89. The first-order valence-corrected chi connectivity index (χ1v) is 15.3. The first kappa shape index (κ1) is 30.7. The number of aryl methyl sites for hydroxylation is 1. The van der Waals surface area contributed by atoms with E-state index in [9.17, 15) is 18.3 Å². The summed E-state index contributed by atoms with van der Waals surface area (Å²) in [6.07, 6.45) is -0.301. The van der Waals surface area contributed by atoms with Crippen LogP contribution in [0.3, 0.4) is 0 Å². The maximum atomic E-state index is 15.6. The second-order valence-corrected chi connectivity index (χ2v) is 14.1. The predicted octanol–water partition coefficient (Wildman–Crippen LogP) is 6.37. The van der Waals surface area contributed by atoms with E-state index in [-0.39, 0.29) is 12.2 Å². The molecular formula is C32H39FN2O5S. The van der Waals surface area contributed by atoms with Gasteiger partial charge in [0, 0.05) is 23.2 Å². The van der Waals surface area contributed by atoms with E-state index in [1.54, 1.807) is 39.8 Å². The first-order chi connectivity index (χ1) is 18.9. The van der Waals surface area contributed by atoms with Crippen molar-refractivity contribution in [3.8, 4) is 22.3 Å². The van der Waals surface area contributed by atoms with Crippen LogP contribution < -0.4 is 4.31 Å². The maximum absolute atomic E-state index is 15.6. The molecule has 0 spiro atoms. The van der Waals surface area contributed by atoms with Gasteiger partial charge in [-0.25, -0.2) is 17.6 Å². The summed E-state index contributed by atoms with van der Waals surface area (Å²) in [5.41, 5.74) is 5.56. The van der Waals surface area contributed by atoms with Gasteiger partial charge in [0.1, 0.15) is 5.82 Å². The monoisotopic (exact) mass is 582 g/mol. The Morgan fingerprint density at radius 1 is 1.07 bits per heavy atom. The molecule has 1 aliphatic rings. The van der Waals surface area contributed by atoms with Crippen molar-refractivity contribution in [3.63, 3.8) is 0 Å². The lowest BCUT2D eigenvalue weighted by Gasteiger charge is -2.37. The molecule has 0 bridgehead atoms. The lowest BCUT2D eigenvalue weighted by molar-refractivity contribution is -0.160. The average Bonchev–Trinajstić information content (AvgIpc) is 2.83. The number of nitrogens with zero attached hydrogens (tertiary/aromatic N) is 2. The van der Waals surface area contributed by atoms with Crippen molar-refractivity contribution in [1.29, 1.82) is 0 Å². The minimum absolute atomic E-state index is 0.0632. The molecule has 4 rings (SSSR count). The highest BCUT2D eigenvalue weighted by atomic mass is 32.2. The van der Waals surface area contributed by atoms with Crippen molar-refractivity contribution >= 4 is 21.7 Å². The highest BCUT2D eigenvalue weighted by molar-refractivity contribution is 7.92. The molecule has 1 aliphatic heterocycles. The minimum atomic E-state index is -3.82. The Kier molecular flexibility index (Phi) is 8.12. The molecule has 1 N–H and O–H groups in total. The number of halogens is 1. The summed E-state index contributed by atoms with van der Waals surface area (Å²) in [5, 5.41) is 10.5. The van der Waals surface area contributed by atoms with Gasteiger partial charge < -0.3 is 14.7 Å². The minimum Gasteiger partial charge on any atom is -0.479 e. The molecular weight excluding hydrogens is 543 g/mol. The fourth-order valence-electron chi connectivity index (χ4n) is 5.82. The van der Waals surface area contributed by atoms with Crippen LogP contribution in [0.4, 0.5) is 10.1 Å². The van der Waals surface area contributed by atoms with Crippen molar-refractivity contribution in [3.05, 3.63) is 75.6 Å². The number of carbonyl (C=O) groups is 1. The Hall–Kier alpha value is -3.27.